The molecule has 0 aliphatic heterocycles. The van der Waals surface area contributed by atoms with E-state index in [1.54, 1.807) is 21.0 Å². The Balaban J connectivity index is 1.73. The lowest BCUT2D eigenvalue weighted by atomic mass is 10.1. The molecular formula is C20H20N4OS. The number of aryl methyl sites for hydroxylation is 1. The lowest BCUT2D eigenvalue weighted by Gasteiger charge is -2.10. The van der Waals surface area contributed by atoms with Crippen molar-refractivity contribution in [1.29, 1.82) is 0 Å². The van der Waals surface area contributed by atoms with E-state index >= 15 is 0 Å². The van der Waals surface area contributed by atoms with Gasteiger partial charge in [0, 0.05) is 18.8 Å². The van der Waals surface area contributed by atoms with Gasteiger partial charge in [0.1, 0.15) is 5.52 Å². The summed E-state index contributed by atoms with van der Waals surface area (Å²) in [5, 5.41) is 7.57. The van der Waals surface area contributed by atoms with Crippen LogP contribution in [0.1, 0.15) is 19.4 Å². The van der Waals surface area contributed by atoms with Gasteiger partial charge in [-0.25, -0.2) is 4.98 Å². The molecule has 0 saturated carbocycles. The maximum Gasteiger partial charge on any atom is 0.282 e. The fourth-order valence-corrected chi connectivity index (χ4v) is 4.20. The Morgan fingerprint density at radius 2 is 1.85 bits per heavy atom. The maximum atomic E-state index is 12.8. The molecule has 0 unspecified atom stereocenters. The van der Waals surface area contributed by atoms with E-state index in [0.29, 0.717) is 17.6 Å². The third kappa shape index (κ3) is 2.90. The highest BCUT2D eigenvalue weighted by Gasteiger charge is 2.14. The molecule has 6 heteroatoms. The van der Waals surface area contributed by atoms with E-state index in [4.69, 9.17) is 4.98 Å². The summed E-state index contributed by atoms with van der Waals surface area (Å²) in [5.41, 5.74) is 2.30. The molecule has 2 aromatic heterocycles. The first-order chi connectivity index (χ1) is 12.7. The first-order valence-electron chi connectivity index (χ1n) is 8.78. The second-order valence-corrected chi connectivity index (χ2v) is 7.03. The van der Waals surface area contributed by atoms with Crippen molar-refractivity contribution in [1.82, 2.24) is 19.3 Å². The molecule has 0 radical (unpaired) electrons. The number of fused-ring (bicyclic) bond motifs is 2. The van der Waals surface area contributed by atoms with E-state index in [-0.39, 0.29) is 5.56 Å². The highest BCUT2D eigenvalue weighted by molar-refractivity contribution is 7.98. The Kier molecular flexibility index (Phi) is 4.51. The normalized spacial score (nSPS) is 11.5. The maximum absolute atomic E-state index is 12.8. The minimum atomic E-state index is -0.0647. The van der Waals surface area contributed by atoms with Gasteiger partial charge in [-0.3, -0.25) is 14.0 Å². The van der Waals surface area contributed by atoms with E-state index in [9.17, 15) is 4.79 Å². The summed E-state index contributed by atoms with van der Waals surface area (Å²) < 4.78 is 3.48. The van der Waals surface area contributed by atoms with Crippen LogP contribution in [0.25, 0.3) is 21.8 Å². The van der Waals surface area contributed by atoms with Crippen LogP contribution in [0.15, 0.2) is 58.6 Å². The summed E-state index contributed by atoms with van der Waals surface area (Å²) >= 11 is 1.60. The fourth-order valence-electron chi connectivity index (χ4n) is 3.13. The molecule has 0 amide bonds. The lowest BCUT2D eigenvalue weighted by molar-refractivity contribution is 0.630. The number of thioether (sulfide) groups is 1. The van der Waals surface area contributed by atoms with E-state index in [2.05, 4.69) is 47.6 Å². The predicted molar refractivity (Wildman–Crippen MR) is 107 cm³/mol. The summed E-state index contributed by atoms with van der Waals surface area (Å²) in [6.45, 7) is 5.27. The third-order valence-corrected chi connectivity index (χ3v) is 5.54. The molecule has 2 aromatic carbocycles. The summed E-state index contributed by atoms with van der Waals surface area (Å²) in [6.07, 6.45) is 1.85. The number of benzene rings is 2. The second kappa shape index (κ2) is 6.96. The van der Waals surface area contributed by atoms with Crippen LogP contribution in [0.3, 0.4) is 0 Å². The van der Waals surface area contributed by atoms with Crippen LogP contribution in [0.5, 0.6) is 0 Å². The Labute approximate surface area is 155 Å². The van der Waals surface area contributed by atoms with Gasteiger partial charge < -0.3 is 0 Å². The second-order valence-electron chi connectivity index (χ2n) is 6.09. The quantitative estimate of drug-likeness (QED) is 0.395. The average Bonchev–Trinajstić information content (AvgIpc) is 3.10. The van der Waals surface area contributed by atoms with Crippen molar-refractivity contribution >= 4 is 33.6 Å². The largest absolute Gasteiger partial charge is 0.286 e. The Hall–Kier alpha value is -2.60. The van der Waals surface area contributed by atoms with Gasteiger partial charge in [-0.15, -0.1) is 0 Å². The van der Waals surface area contributed by atoms with Crippen molar-refractivity contribution in [2.24, 2.45) is 0 Å². The van der Waals surface area contributed by atoms with Gasteiger partial charge in [0.05, 0.1) is 6.20 Å². The van der Waals surface area contributed by atoms with Crippen molar-refractivity contribution in [2.75, 3.05) is 0 Å². The molecule has 0 fully saturated rings. The first kappa shape index (κ1) is 16.8. The van der Waals surface area contributed by atoms with Crippen molar-refractivity contribution in [3.05, 3.63) is 64.6 Å². The minimum Gasteiger partial charge on any atom is -0.286 e. The number of aromatic nitrogens is 4. The molecule has 0 aliphatic carbocycles. The molecule has 2 heterocycles. The zero-order chi connectivity index (χ0) is 18.1. The summed E-state index contributed by atoms with van der Waals surface area (Å²) in [7, 11) is 0. The van der Waals surface area contributed by atoms with Crippen LogP contribution >= 0.6 is 11.8 Å². The average molecular weight is 364 g/mol. The molecule has 4 aromatic rings. The van der Waals surface area contributed by atoms with E-state index < -0.39 is 0 Å². The molecule has 0 spiro atoms. The highest BCUT2D eigenvalue weighted by atomic mass is 32.2. The van der Waals surface area contributed by atoms with Crippen molar-refractivity contribution < 1.29 is 0 Å². The summed E-state index contributed by atoms with van der Waals surface area (Å²) in [4.78, 5) is 17.5. The van der Waals surface area contributed by atoms with Gasteiger partial charge in [-0.05, 0) is 30.2 Å². The first-order valence-corrected chi connectivity index (χ1v) is 9.77. The SMILES string of the molecule is CCn1cc2nc(SCc3cccc4ccccc34)n(CC)c(=O)c2n1. The molecule has 0 atom stereocenters. The zero-order valence-electron chi connectivity index (χ0n) is 14.8. The smallest absolute Gasteiger partial charge is 0.282 e. The zero-order valence-corrected chi connectivity index (χ0v) is 15.7. The molecule has 5 nitrogen and oxygen atoms in total. The fraction of sp³-hybridized carbons (Fsp3) is 0.250. The van der Waals surface area contributed by atoms with Crippen LogP contribution in [0.4, 0.5) is 0 Å². The van der Waals surface area contributed by atoms with E-state index in [1.165, 1.54) is 16.3 Å². The number of nitrogens with zero attached hydrogens (tertiary/aromatic N) is 4. The number of hydrogen-bond acceptors (Lipinski definition) is 4. The van der Waals surface area contributed by atoms with E-state index in [1.807, 2.05) is 20.0 Å². The third-order valence-electron chi connectivity index (χ3n) is 4.51. The van der Waals surface area contributed by atoms with Crippen LogP contribution in [0.2, 0.25) is 0 Å². The summed E-state index contributed by atoms with van der Waals surface area (Å²) in [5.74, 6) is 0.765. The summed E-state index contributed by atoms with van der Waals surface area (Å²) in [6, 6.07) is 14.7. The highest BCUT2D eigenvalue weighted by Crippen LogP contribution is 2.26. The van der Waals surface area contributed by atoms with Gasteiger partial charge in [0.2, 0.25) is 0 Å². The van der Waals surface area contributed by atoms with Crippen molar-refractivity contribution in [3.8, 4) is 0 Å². The Morgan fingerprint density at radius 1 is 1.04 bits per heavy atom. The molecule has 132 valence electrons. The Morgan fingerprint density at radius 3 is 2.65 bits per heavy atom. The molecule has 0 saturated heterocycles. The van der Waals surface area contributed by atoms with E-state index in [0.717, 1.165) is 17.5 Å². The molecule has 0 N–H and O–H groups in total. The monoisotopic (exact) mass is 364 g/mol. The molecule has 0 bridgehead atoms. The molecule has 26 heavy (non-hydrogen) atoms. The van der Waals surface area contributed by atoms with Gasteiger partial charge >= 0.3 is 0 Å². The predicted octanol–water partition coefficient (Wildman–Crippen LogP) is 4.08. The van der Waals surface area contributed by atoms with Crippen LogP contribution < -0.4 is 5.56 Å². The van der Waals surface area contributed by atoms with Crippen LogP contribution in [-0.4, -0.2) is 19.3 Å². The van der Waals surface area contributed by atoms with Crippen LogP contribution in [0, 0.1) is 0 Å². The number of rotatable bonds is 5. The van der Waals surface area contributed by atoms with Crippen molar-refractivity contribution in [2.45, 2.75) is 37.8 Å². The van der Waals surface area contributed by atoms with Gasteiger partial charge in [0.25, 0.3) is 5.56 Å². The standard InChI is InChI=1S/C20H20N4OS/c1-3-23-12-17-18(22-23)19(25)24(4-2)20(21-17)26-13-15-10-7-9-14-8-5-6-11-16(14)15/h5-12H,3-4,13H2,1-2H3. The number of hydrogen-bond donors (Lipinski definition) is 0. The van der Waals surface area contributed by atoms with Gasteiger partial charge in [-0.1, -0.05) is 54.2 Å². The molecule has 0 aliphatic rings. The minimum absolute atomic E-state index is 0.0647. The topological polar surface area (TPSA) is 52.7 Å². The van der Waals surface area contributed by atoms with Gasteiger partial charge in [0.15, 0.2) is 10.7 Å². The van der Waals surface area contributed by atoms with Crippen LogP contribution in [-0.2, 0) is 18.8 Å². The lowest BCUT2D eigenvalue weighted by Crippen LogP contribution is -2.22. The van der Waals surface area contributed by atoms with Gasteiger partial charge in [-0.2, -0.15) is 5.10 Å². The van der Waals surface area contributed by atoms with Crippen molar-refractivity contribution in [3.63, 3.8) is 0 Å². The molecule has 4 rings (SSSR count). The molecular weight excluding hydrogens is 344 g/mol. The Bertz CT molecular complexity index is 1140.